The van der Waals surface area contributed by atoms with Gasteiger partial charge in [-0.2, -0.15) is 4.98 Å². The molecule has 2 fully saturated rings. The molecule has 1 aliphatic heterocycles. The Labute approximate surface area is 151 Å². The second kappa shape index (κ2) is 8.81. The lowest BCUT2D eigenvalue weighted by Gasteiger charge is -2.23. The van der Waals surface area contributed by atoms with Crippen molar-refractivity contribution < 1.29 is 5.11 Å². The Morgan fingerprint density at radius 1 is 1.20 bits per heavy atom. The van der Waals surface area contributed by atoms with Crippen molar-refractivity contribution in [3.8, 4) is 0 Å². The number of piperidine rings is 1. The van der Waals surface area contributed by atoms with Gasteiger partial charge in [0.15, 0.2) is 0 Å². The van der Waals surface area contributed by atoms with Gasteiger partial charge in [-0.25, -0.2) is 4.98 Å². The molecule has 2 heterocycles. The van der Waals surface area contributed by atoms with Gasteiger partial charge in [-0.3, -0.25) is 0 Å². The van der Waals surface area contributed by atoms with E-state index in [-0.39, 0.29) is 12.6 Å². The van der Waals surface area contributed by atoms with Gasteiger partial charge in [-0.05, 0) is 57.0 Å². The molecule has 0 unspecified atom stereocenters. The molecule has 1 aliphatic carbocycles. The quantitative estimate of drug-likeness (QED) is 0.550. The fourth-order valence-electron chi connectivity index (χ4n) is 3.37. The van der Waals surface area contributed by atoms with Gasteiger partial charge in [0.25, 0.3) is 0 Å². The number of hydrogen-bond donors (Lipinski definition) is 4. The Balaban J connectivity index is 1.61. The minimum Gasteiger partial charge on any atom is -0.394 e. The number of aliphatic hydroxyl groups excluding tert-OH is 1. The molecule has 4 N–H and O–H groups in total. The number of nitrogens with zero attached hydrogens (tertiary/aromatic N) is 2. The van der Waals surface area contributed by atoms with Crippen molar-refractivity contribution >= 4 is 11.8 Å². The fourth-order valence-corrected chi connectivity index (χ4v) is 3.37. The molecule has 140 valence electrons. The maximum absolute atomic E-state index is 9.56. The topological polar surface area (TPSA) is 82.1 Å². The first kappa shape index (κ1) is 18.4. The van der Waals surface area contributed by atoms with Gasteiger partial charge in [0.1, 0.15) is 5.82 Å². The van der Waals surface area contributed by atoms with Gasteiger partial charge in [-0.15, -0.1) is 0 Å². The maximum atomic E-state index is 9.56. The van der Waals surface area contributed by atoms with Gasteiger partial charge in [0, 0.05) is 18.5 Å². The lowest BCUT2D eigenvalue weighted by atomic mass is 9.95. The van der Waals surface area contributed by atoms with Crippen LogP contribution >= 0.6 is 0 Å². The Morgan fingerprint density at radius 3 is 2.60 bits per heavy atom. The van der Waals surface area contributed by atoms with Crippen LogP contribution in [0.3, 0.4) is 0 Å². The van der Waals surface area contributed by atoms with Crippen LogP contribution in [-0.2, 0) is 0 Å². The molecule has 6 heteroatoms. The highest BCUT2D eigenvalue weighted by atomic mass is 16.3. The molecular formula is C19H33N5O. The van der Waals surface area contributed by atoms with Gasteiger partial charge in [-0.1, -0.05) is 13.8 Å². The van der Waals surface area contributed by atoms with E-state index in [4.69, 9.17) is 0 Å². The molecule has 0 spiro atoms. The van der Waals surface area contributed by atoms with Crippen molar-refractivity contribution in [2.45, 2.75) is 57.9 Å². The Morgan fingerprint density at radius 2 is 1.96 bits per heavy atom. The first-order valence-electron chi connectivity index (χ1n) is 9.86. The largest absolute Gasteiger partial charge is 0.394 e. The third kappa shape index (κ3) is 5.54. The van der Waals surface area contributed by atoms with Crippen molar-refractivity contribution in [1.29, 1.82) is 0 Å². The van der Waals surface area contributed by atoms with E-state index in [1.165, 1.54) is 32.1 Å². The summed E-state index contributed by atoms with van der Waals surface area (Å²) in [6, 6.07) is 2.09. The number of aromatic nitrogens is 2. The summed E-state index contributed by atoms with van der Waals surface area (Å²) < 4.78 is 0. The summed E-state index contributed by atoms with van der Waals surface area (Å²) in [7, 11) is 0. The van der Waals surface area contributed by atoms with E-state index in [1.54, 1.807) is 0 Å². The first-order chi connectivity index (χ1) is 12.2. The monoisotopic (exact) mass is 347 g/mol. The minimum atomic E-state index is -0.0166. The predicted molar refractivity (Wildman–Crippen MR) is 102 cm³/mol. The smallest absolute Gasteiger partial charge is 0.225 e. The van der Waals surface area contributed by atoms with Gasteiger partial charge in [0.2, 0.25) is 5.95 Å². The standard InChI is InChI=1S/C19H33N5O/c1-13(2)17(12-25)23-19-22-16(15-3-4-15)11-18(24-19)21-10-7-14-5-8-20-9-6-14/h11,13-15,17,20,25H,3-10,12H2,1-2H3,(H2,21,22,23,24)/t17-/m0/s1. The fraction of sp³-hybridized carbons (Fsp3) is 0.789. The van der Waals surface area contributed by atoms with Crippen LogP contribution in [0.5, 0.6) is 0 Å². The summed E-state index contributed by atoms with van der Waals surface area (Å²) in [5, 5.41) is 19.8. The zero-order valence-electron chi connectivity index (χ0n) is 15.6. The zero-order chi connectivity index (χ0) is 17.6. The van der Waals surface area contributed by atoms with E-state index in [1.807, 2.05) is 0 Å². The van der Waals surface area contributed by atoms with Crippen LogP contribution in [0.25, 0.3) is 0 Å². The van der Waals surface area contributed by atoms with Crippen LogP contribution < -0.4 is 16.0 Å². The Bertz CT molecular complexity index is 541. The molecule has 6 nitrogen and oxygen atoms in total. The van der Waals surface area contributed by atoms with E-state index in [9.17, 15) is 5.11 Å². The molecule has 1 aromatic heterocycles. The van der Waals surface area contributed by atoms with E-state index in [0.717, 1.165) is 37.1 Å². The lowest BCUT2D eigenvalue weighted by Crippen LogP contribution is -2.30. The maximum Gasteiger partial charge on any atom is 0.225 e. The number of hydrogen-bond acceptors (Lipinski definition) is 6. The highest BCUT2D eigenvalue weighted by molar-refractivity contribution is 5.44. The van der Waals surface area contributed by atoms with Crippen molar-refractivity contribution in [2.24, 2.45) is 11.8 Å². The highest BCUT2D eigenvalue weighted by Gasteiger charge is 2.26. The van der Waals surface area contributed by atoms with Gasteiger partial charge < -0.3 is 21.1 Å². The number of aliphatic hydroxyl groups is 1. The first-order valence-corrected chi connectivity index (χ1v) is 9.86. The van der Waals surface area contributed by atoms with Crippen LogP contribution in [0.1, 0.15) is 57.6 Å². The van der Waals surface area contributed by atoms with E-state index in [0.29, 0.717) is 17.8 Å². The van der Waals surface area contributed by atoms with Crippen molar-refractivity contribution in [3.05, 3.63) is 11.8 Å². The van der Waals surface area contributed by atoms with Crippen LogP contribution in [0.4, 0.5) is 11.8 Å². The molecule has 0 amide bonds. The summed E-state index contributed by atoms with van der Waals surface area (Å²) in [5.74, 6) is 3.28. The van der Waals surface area contributed by atoms with E-state index in [2.05, 4.69) is 45.8 Å². The number of rotatable bonds is 9. The molecule has 1 aromatic rings. The molecule has 1 saturated carbocycles. The van der Waals surface area contributed by atoms with Crippen molar-refractivity contribution in [1.82, 2.24) is 15.3 Å². The second-order valence-electron chi connectivity index (χ2n) is 7.86. The molecule has 25 heavy (non-hydrogen) atoms. The molecule has 3 rings (SSSR count). The van der Waals surface area contributed by atoms with Crippen LogP contribution in [0.2, 0.25) is 0 Å². The molecule has 0 radical (unpaired) electrons. The second-order valence-corrected chi connectivity index (χ2v) is 7.86. The molecule has 2 aliphatic rings. The summed E-state index contributed by atoms with van der Waals surface area (Å²) in [5.41, 5.74) is 1.13. The van der Waals surface area contributed by atoms with Gasteiger partial charge >= 0.3 is 0 Å². The zero-order valence-corrected chi connectivity index (χ0v) is 15.6. The third-order valence-electron chi connectivity index (χ3n) is 5.37. The summed E-state index contributed by atoms with van der Waals surface area (Å²) in [4.78, 5) is 9.32. The summed E-state index contributed by atoms with van der Waals surface area (Å²) in [6.07, 6.45) is 6.19. The average Bonchev–Trinajstić information content (AvgIpc) is 3.45. The molecule has 1 saturated heterocycles. The third-order valence-corrected chi connectivity index (χ3v) is 5.37. The summed E-state index contributed by atoms with van der Waals surface area (Å²) >= 11 is 0. The normalized spacial score (nSPS) is 19.8. The molecule has 0 aromatic carbocycles. The van der Waals surface area contributed by atoms with Gasteiger partial charge in [0.05, 0.1) is 18.3 Å². The lowest BCUT2D eigenvalue weighted by molar-refractivity contribution is 0.248. The summed E-state index contributed by atoms with van der Waals surface area (Å²) in [6.45, 7) is 7.53. The Kier molecular flexibility index (Phi) is 6.48. The molecule has 0 bridgehead atoms. The predicted octanol–water partition coefficient (Wildman–Crippen LogP) is 2.58. The number of anilines is 2. The minimum absolute atomic E-state index is 0.0166. The SMILES string of the molecule is CC(C)[C@H](CO)Nc1nc(NCCC2CCNCC2)cc(C2CC2)n1. The van der Waals surface area contributed by atoms with E-state index >= 15 is 0 Å². The molecular weight excluding hydrogens is 314 g/mol. The van der Waals surface area contributed by atoms with Crippen LogP contribution in [-0.4, -0.2) is 47.4 Å². The number of nitrogens with one attached hydrogen (secondary N) is 3. The van der Waals surface area contributed by atoms with Crippen molar-refractivity contribution in [3.63, 3.8) is 0 Å². The van der Waals surface area contributed by atoms with Crippen LogP contribution in [0.15, 0.2) is 6.07 Å². The van der Waals surface area contributed by atoms with E-state index < -0.39 is 0 Å². The van der Waals surface area contributed by atoms with Crippen LogP contribution in [0, 0.1) is 11.8 Å². The average molecular weight is 348 g/mol. The highest BCUT2D eigenvalue weighted by Crippen LogP contribution is 2.40. The molecule has 1 atom stereocenters. The Hall–Kier alpha value is -1.40. The van der Waals surface area contributed by atoms with Crippen molar-refractivity contribution in [2.75, 3.05) is 36.9 Å².